The molecule has 0 aliphatic heterocycles. The molecular weight excluding hydrogens is 372 g/mol. The summed E-state index contributed by atoms with van der Waals surface area (Å²) in [5.41, 5.74) is 2.05. The van der Waals surface area contributed by atoms with Crippen molar-refractivity contribution in [1.82, 2.24) is 5.32 Å². The molecule has 2 aromatic carbocycles. The fourth-order valence-corrected chi connectivity index (χ4v) is 2.36. The van der Waals surface area contributed by atoms with Crippen molar-refractivity contribution in [1.29, 1.82) is 0 Å². The Bertz CT molecular complexity index is 674. The van der Waals surface area contributed by atoms with E-state index in [1.807, 2.05) is 49.4 Å². The van der Waals surface area contributed by atoms with Crippen molar-refractivity contribution in [2.24, 2.45) is 0 Å². The third-order valence-electron chi connectivity index (χ3n) is 3.38. The van der Waals surface area contributed by atoms with Crippen molar-refractivity contribution in [3.8, 4) is 11.5 Å². The summed E-state index contributed by atoms with van der Waals surface area (Å²) < 4.78 is 11.6. The monoisotopic (exact) mass is 392 g/mol. The van der Waals surface area contributed by atoms with Crippen LogP contribution in [0.25, 0.3) is 0 Å². The van der Waals surface area contributed by atoms with Crippen LogP contribution in [0.3, 0.4) is 0 Å². The van der Waals surface area contributed by atoms with Crippen molar-refractivity contribution in [3.05, 3.63) is 52.5 Å². The molecular formula is C18H21BrN2O3. The molecule has 1 amide bonds. The minimum atomic E-state index is -0.0787. The molecule has 0 saturated carbocycles. The van der Waals surface area contributed by atoms with Gasteiger partial charge in [-0.2, -0.15) is 0 Å². The molecule has 2 N–H and O–H groups in total. The van der Waals surface area contributed by atoms with Crippen LogP contribution in [0.15, 0.2) is 46.9 Å². The summed E-state index contributed by atoms with van der Waals surface area (Å²) in [5, 5.41) is 5.90. The fraction of sp³-hybridized carbons (Fsp3) is 0.278. The van der Waals surface area contributed by atoms with Gasteiger partial charge in [-0.05, 0) is 48.9 Å². The van der Waals surface area contributed by atoms with Gasteiger partial charge < -0.3 is 20.1 Å². The number of aryl methyl sites for hydroxylation is 1. The summed E-state index contributed by atoms with van der Waals surface area (Å²) in [7, 11) is 1.62. The lowest BCUT2D eigenvalue weighted by molar-refractivity contribution is -0.119. The maximum absolute atomic E-state index is 11.8. The van der Waals surface area contributed by atoms with Gasteiger partial charge in [-0.25, -0.2) is 0 Å². The Morgan fingerprint density at radius 2 is 1.83 bits per heavy atom. The van der Waals surface area contributed by atoms with Gasteiger partial charge in [0.2, 0.25) is 5.91 Å². The third kappa shape index (κ3) is 5.77. The van der Waals surface area contributed by atoms with E-state index in [-0.39, 0.29) is 12.5 Å². The zero-order chi connectivity index (χ0) is 17.4. The Morgan fingerprint density at radius 1 is 1.12 bits per heavy atom. The van der Waals surface area contributed by atoms with Crippen LogP contribution in [-0.2, 0) is 4.79 Å². The molecule has 5 nitrogen and oxygen atoms in total. The normalized spacial score (nSPS) is 10.1. The Kier molecular flexibility index (Phi) is 6.93. The van der Waals surface area contributed by atoms with E-state index >= 15 is 0 Å². The molecule has 0 aliphatic rings. The number of ether oxygens (including phenoxy) is 2. The number of amides is 1. The van der Waals surface area contributed by atoms with Crippen LogP contribution >= 0.6 is 15.9 Å². The second-order valence-corrected chi connectivity index (χ2v) is 6.05. The number of hydrogen-bond donors (Lipinski definition) is 2. The molecule has 0 heterocycles. The van der Waals surface area contributed by atoms with E-state index < -0.39 is 0 Å². The number of hydrogen-bond acceptors (Lipinski definition) is 4. The van der Waals surface area contributed by atoms with E-state index in [4.69, 9.17) is 9.47 Å². The Labute approximate surface area is 150 Å². The Hall–Kier alpha value is -2.21. The third-order valence-corrected chi connectivity index (χ3v) is 4.23. The number of methoxy groups -OCH3 is 1. The number of nitrogens with one attached hydrogen (secondary N) is 2. The molecule has 2 aromatic rings. The summed E-state index contributed by atoms with van der Waals surface area (Å²) >= 11 is 3.47. The number of benzene rings is 2. The van der Waals surface area contributed by atoms with E-state index in [1.54, 1.807) is 7.11 Å². The van der Waals surface area contributed by atoms with Crippen molar-refractivity contribution >= 4 is 27.5 Å². The van der Waals surface area contributed by atoms with E-state index in [2.05, 4.69) is 26.6 Å². The highest BCUT2D eigenvalue weighted by atomic mass is 79.9. The number of carbonyl (C=O) groups is 1. The summed E-state index contributed by atoms with van der Waals surface area (Å²) in [6.07, 6.45) is 0. The first kappa shape index (κ1) is 18.1. The lowest BCUT2D eigenvalue weighted by Gasteiger charge is -2.10. The van der Waals surface area contributed by atoms with Crippen molar-refractivity contribution in [2.45, 2.75) is 6.92 Å². The van der Waals surface area contributed by atoms with Gasteiger partial charge in [-0.3, -0.25) is 4.79 Å². The van der Waals surface area contributed by atoms with E-state index in [0.717, 1.165) is 27.2 Å². The zero-order valence-electron chi connectivity index (χ0n) is 13.8. The molecule has 0 saturated heterocycles. The highest BCUT2D eigenvalue weighted by Gasteiger charge is 2.02. The lowest BCUT2D eigenvalue weighted by atomic mass is 10.2. The van der Waals surface area contributed by atoms with Gasteiger partial charge in [0.25, 0.3) is 0 Å². The van der Waals surface area contributed by atoms with Crippen LogP contribution in [-0.4, -0.2) is 32.7 Å². The molecule has 0 fully saturated rings. The SMILES string of the molecule is COc1ccc(OCCNC(=O)CNc2ccc(C)c(Br)c2)cc1. The van der Waals surface area contributed by atoms with E-state index in [9.17, 15) is 4.79 Å². The molecule has 6 heteroatoms. The molecule has 0 bridgehead atoms. The van der Waals surface area contributed by atoms with Crippen LogP contribution in [0, 0.1) is 6.92 Å². The van der Waals surface area contributed by atoms with Crippen molar-refractivity contribution in [2.75, 3.05) is 32.1 Å². The second-order valence-electron chi connectivity index (χ2n) is 5.19. The first-order valence-corrected chi connectivity index (χ1v) is 8.41. The van der Waals surface area contributed by atoms with E-state index in [0.29, 0.717) is 13.2 Å². The second kappa shape index (κ2) is 9.17. The van der Waals surface area contributed by atoms with Gasteiger partial charge in [0.05, 0.1) is 20.2 Å². The van der Waals surface area contributed by atoms with Crippen molar-refractivity contribution < 1.29 is 14.3 Å². The molecule has 0 aliphatic carbocycles. The van der Waals surface area contributed by atoms with Gasteiger partial charge in [0, 0.05) is 10.2 Å². The van der Waals surface area contributed by atoms with Crippen LogP contribution in [0.2, 0.25) is 0 Å². The predicted octanol–water partition coefficient (Wildman–Crippen LogP) is 3.37. The quantitative estimate of drug-likeness (QED) is 0.676. The maximum atomic E-state index is 11.8. The largest absolute Gasteiger partial charge is 0.497 e. The number of anilines is 1. The summed E-state index contributed by atoms with van der Waals surface area (Å²) in [4.78, 5) is 11.8. The van der Waals surface area contributed by atoms with Crippen LogP contribution in [0.1, 0.15) is 5.56 Å². The molecule has 0 unspecified atom stereocenters. The van der Waals surface area contributed by atoms with Gasteiger partial charge in [0.15, 0.2) is 0 Å². The standard InChI is InChI=1S/C18H21BrN2O3/c1-13-3-4-14(11-17(13)19)21-12-18(22)20-9-10-24-16-7-5-15(23-2)6-8-16/h3-8,11,21H,9-10,12H2,1-2H3,(H,20,22). The average molecular weight is 393 g/mol. The highest BCUT2D eigenvalue weighted by Crippen LogP contribution is 2.20. The zero-order valence-corrected chi connectivity index (χ0v) is 15.4. The number of carbonyl (C=O) groups excluding carboxylic acids is 1. The van der Waals surface area contributed by atoms with Crippen LogP contribution in [0.5, 0.6) is 11.5 Å². The van der Waals surface area contributed by atoms with Crippen molar-refractivity contribution in [3.63, 3.8) is 0 Å². The molecule has 128 valence electrons. The molecule has 0 radical (unpaired) electrons. The summed E-state index contributed by atoms with van der Waals surface area (Å²) in [5.74, 6) is 1.45. The number of rotatable bonds is 8. The maximum Gasteiger partial charge on any atom is 0.239 e. The predicted molar refractivity (Wildman–Crippen MR) is 98.9 cm³/mol. The lowest BCUT2D eigenvalue weighted by Crippen LogP contribution is -2.33. The highest BCUT2D eigenvalue weighted by molar-refractivity contribution is 9.10. The average Bonchev–Trinajstić information content (AvgIpc) is 2.60. The first-order valence-electron chi connectivity index (χ1n) is 7.62. The smallest absolute Gasteiger partial charge is 0.239 e. The molecule has 0 atom stereocenters. The van der Waals surface area contributed by atoms with Crippen LogP contribution < -0.4 is 20.1 Å². The summed E-state index contributed by atoms with van der Waals surface area (Å²) in [6, 6.07) is 13.2. The molecule has 0 aromatic heterocycles. The fourth-order valence-electron chi connectivity index (χ4n) is 1.98. The summed E-state index contributed by atoms with van der Waals surface area (Å²) in [6.45, 7) is 3.10. The van der Waals surface area contributed by atoms with Gasteiger partial charge in [-0.15, -0.1) is 0 Å². The van der Waals surface area contributed by atoms with Gasteiger partial charge in [0.1, 0.15) is 18.1 Å². The minimum Gasteiger partial charge on any atom is -0.497 e. The minimum absolute atomic E-state index is 0.0787. The van der Waals surface area contributed by atoms with E-state index in [1.165, 1.54) is 0 Å². The number of halogens is 1. The molecule has 2 rings (SSSR count). The van der Waals surface area contributed by atoms with Gasteiger partial charge >= 0.3 is 0 Å². The topological polar surface area (TPSA) is 59.6 Å². The Morgan fingerprint density at radius 3 is 2.50 bits per heavy atom. The molecule has 0 spiro atoms. The Balaban J connectivity index is 1.64. The van der Waals surface area contributed by atoms with Crippen LogP contribution in [0.4, 0.5) is 5.69 Å². The first-order chi connectivity index (χ1) is 11.6. The van der Waals surface area contributed by atoms with Gasteiger partial charge in [-0.1, -0.05) is 22.0 Å². The molecule has 24 heavy (non-hydrogen) atoms.